The molecule has 1 aromatic heterocycles. The van der Waals surface area contributed by atoms with Crippen LogP contribution < -0.4 is 20.7 Å². The van der Waals surface area contributed by atoms with Gasteiger partial charge >= 0.3 is 0 Å². The highest BCUT2D eigenvalue weighted by Gasteiger charge is 2.18. The second kappa shape index (κ2) is 7.00. The maximum Gasteiger partial charge on any atom is 0.229 e. The molecule has 1 aliphatic heterocycles. The molecule has 0 unspecified atom stereocenters. The molecule has 2 heterocycles. The summed E-state index contributed by atoms with van der Waals surface area (Å²) in [6.07, 6.45) is 2.32. The number of hydrogen-bond acceptors (Lipinski definition) is 7. The number of benzene rings is 2. The van der Waals surface area contributed by atoms with Gasteiger partial charge in [-0.05, 0) is 43.2 Å². The molecule has 0 aliphatic carbocycles. The summed E-state index contributed by atoms with van der Waals surface area (Å²) >= 11 is 0. The van der Waals surface area contributed by atoms with Crippen LogP contribution in [0, 0.1) is 11.3 Å². The second-order valence-electron chi connectivity index (χ2n) is 6.49. The highest BCUT2D eigenvalue weighted by Crippen LogP contribution is 2.31. The molecule has 0 spiro atoms. The van der Waals surface area contributed by atoms with E-state index >= 15 is 0 Å². The fourth-order valence-corrected chi connectivity index (χ4v) is 3.31. The lowest BCUT2D eigenvalue weighted by Crippen LogP contribution is -2.20. The average molecular weight is 360 g/mol. The lowest BCUT2D eigenvalue weighted by Gasteiger charge is -2.20. The Hall–Kier alpha value is -3.53. The monoisotopic (exact) mass is 360 g/mol. The maximum atomic E-state index is 9.19. The Bertz CT molecular complexity index is 1040. The first-order valence-electron chi connectivity index (χ1n) is 8.85. The van der Waals surface area contributed by atoms with Gasteiger partial charge in [0.1, 0.15) is 17.6 Å². The molecule has 136 valence electrons. The normalized spacial score (nSPS) is 13.6. The van der Waals surface area contributed by atoms with E-state index in [9.17, 15) is 5.26 Å². The van der Waals surface area contributed by atoms with E-state index in [1.807, 2.05) is 24.3 Å². The van der Waals surface area contributed by atoms with Gasteiger partial charge in [-0.15, -0.1) is 0 Å². The summed E-state index contributed by atoms with van der Waals surface area (Å²) in [5.74, 6) is 2.14. The van der Waals surface area contributed by atoms with E-state index in [2.05, 4.69) is 21.3 Å². The molecule has 4 rings (SSSR count). The molecule has 7 heteroatoms. The van der Waals surface area contributed by atoms with Gasteiger partial charge in [0, 0.05) is 35.9 Å². The van der Waals surface area contributed by atoms with E-state index in [4.69, 9.17) is 15.5 Å². The minimum Gasteiger partial charge on any atom is -0.497 e. The largest absolute Gasteiger partial charge is 0.497 e. The van der Waals surface area contributed by atoms with Gasteiger partial charge in [-0.2, -0.15) is 10.2 Å². The first kappa shape index (κ1) is 16.9. The second-order valence-corrected chi connectivity index (χ2v) is 6.49. The van der Waals surface area contributed by atoms with Crippen LogP contribution in [0.4, 0.5) is 23.1 Å². The van der Waals surface area contributed by atoms with Gasteiger partial charge < -0.3 is 20.7 Å². The van der Waals surface area contributed by atoms with Gasteiger partial charge in [-0.25, -0.2) is 4.98 Å². The summed E-state index contributed by atoms with van der Waals surface area (Å²) in [6.45, 7) is 1.97. The van der Waals surface area contributed by atoms with Crippen LogP contribution in [0.3, 0.4) is 0 Å². The molecule has 3 N–H and O–H groups in total. The summed E-state index contributed by atoms with van der Waals surface area (Å²) in [5.41, 5.74) is 8.20. The van der Waals surface area contributed by atoms with Crippen LogP contribution in [-0.4, -0.2) is 30.2 Å². The molecule has 1 fully saturated rings. The number of aromatic nitrogens is 2. The van der Waals surface area contributed by atoms with Gasteiger partial charge in [0.2, 0.25) is 5.95 Å². The van der Waals surface area contributed by atoms with Crippen LogP contribution in [0.5, 0.6) is 5.75 Å². The van der Waals surface area contributed by atoms with Crippen molar-refractivity contribution in [2.45, 2.75) is 12.8 Å². The van der Waals surface area contributed by atoms with Crippen molar-refractivity contribution < 1.29 is 4.74 Å². The summed E-state index contributed by atoms with van der Waals surface area (Å²) in [6, 6.07) is 13.1. The van der Waals surface area contributed by atoms with Crippen molar-refractivity contribution in [2.24, 2.45) is 0 Å². The summed E-state index contributed by atoms with van der Waals surface area (Å²) in [5, 5.41) is 13.4. The number of methoxy groups -OCH3 is 1. The van der Waals surface area contributed by atoms with Crippen molar-refractivity contribution in [3.8, 4) is 11.8 Å². The molecule has 2 aromatic carbocycles. The molecule has 3 aromatic rings. The molecule has 0 saturated carbocycles. The van der Waals surface area contributed by atoms with E-state index in [-0.39, 0.29) is 0 Å². The average Bonchev–Trinajstić information content (AvgIpc) is 3.23. The number of anilines is 4. The molecular formula is C20H20N6O. The third-order valence-electron chi connectivity index (χ3n) is 4.72. The number of hydrogen-bond donors (Lipinski definition) is 2. The van der Waals surface area contributed by atoms with Gasteiger partial charge in [0.05, 0.1) is 18.2 Å². The number of nitrogens with one attached hydrogen (secondary N) is 1. The Morgan fingerprint density at radius 3 is 2.70 bits per heavy atom. The van der Waals surface area contributed by atoms with E-state index < -0.39 is 0 Å². The Balaban J connectivity index is 1.79. The van der Waals surface area contributed by atoms with Gasteiger partial charge in [0.15, 0.2) is 0 Å². The highest BCUT2D eigenvalue weighted by molar-refractivity contribution is 5.92. The van der Waals surface area contributed by atoms with Crippen molar-refractivity contribution in [2.75, 3.05) is 36.1 Å². The molecule has 0 bridgehead atoms. The van der Waals surface area contributed by atoms with Crippen LogP contribution in [0.1, 0.15) is 18.4 Å². The van der Waals surface area contributed by atoms with Gasteiger partial charge in [-0.1, -0.05) is 0 Å². The van der Waals surface area contributed by atoms with Crippen molar-refractivity contribution in [3.63, 3.8) is 0 Å². The predicted molar refractivity (Wildman–Crippen MR) is 106 cm³/mol. The van der Waals surface area contributed by atoms with Crippen molar-refractivity contribution in [3.05, 3.63) is 42.0 Å². The molecule has 0 atom stereocenters. The first-order chi connectivity index (χ1) is 13.2. The van der Waals surface area contributed by atoms with Crippen LogP contribution >= 0.6 is 0 Å². The topological polar surface area (TPSA) is 100 Å². The molecule has 27 heavy (non-hydrogen) atoms. The number of nitrogens with two attached hydrogens (primary N) is 1. The Labute approximate surface area is 157 Å². The lowest BCUT2D eigenvalue weighted by molar-refractivity contribution is 0.415. The Kier molecular flexibility index (Phi) is 4.38. The van der Waals surface area contributed by atoms with Crippen molar-refractivity contribution >= 4 is 34.0 Å². The van der Waals surface area contributed by atoms with E-state index in [1.54, 1.807) is 19.2 Å². The third kappa shape index (κ3) is 3.29. The predicted octanol–water partition coefficient (Wildman–Crippen LogP) is 3.44. The van der Waals surface area contributed by atoms with Gasteiger partial charge in [-0.3, -0.25) is 0 Å². The number of ether oxygens (including phenoxy) is 1. The van der Waals surface area contributed by atoms with Crippen LogP contribution in [0.15, 0.2) is 36.4 Å². The minimum atomic E-state index is 0.419. The fourth-order valence-electron chi connectivity index (χ4n) is 3.31. The SMILES string of the molecule is COc1ccc2c(N3CCCC3)nc(Nc3ccc(N)c(C#N)c3)nc2c1. The highest BCUT2D eigenvalue weighted by atomic mass is 16.5. The van der Waals surface area contributed by atoms with Crippen LogP contribution in [0.25, 0.3) is 10.9 Å². The lowest BCUT2D eigenvalue weighted by atomic mass is 10.2. The van der Waals surface area contributed by atoms with E-state index in [0.29, 0.717) is 17.2 Å². The third-order valence-corrected chi connectivity index (χ3v) is 4.72. The van der Waals surface area contributed by atoms with Crippen LogP contribution in [-0.2, 0) is 0 Å². The zero-order chi connectivity index (χ0) is 18.8. The molecular weight excluding hydrogens is 340 g/mol. The number of fused-ring (bicyclic) bond motifs is 1. The quantitative estimate of drug-likeness (QED) is 0.687. The zero-order valence-electron chi connectivity index (χ0n) is 15.1. The minimum absolute atomic E-state index is 0.419. The fraction of sp³-hybridized carbons (Fsp3) is 0.250. The molecule has 7 nitrogen and oxygen atoms in total. The zero-order valence-corrected chi connectivity index (χ0v) is 15.1. The maximum absolute atomic E-state index is 9.19. The Morgan fingerprint density at radius 2 is 1.96 bits per heavy atom. The summed E-state index contributed by atoms with van der Waals surface area (Å²) in [7, 11) is 1.64. The number of nitriles is 1. The summed E-state index contributed by atoms with van der Waals surface area (Å²) in [4.78, 5) is 11.7. The molecule has 0 radical (unpaired) electrons. The molecule has 1 saturated heterocycles. The van der Waals surface area contributed by atoms with E-state index in [1.165, 1.54) is 0 Å². The Morgan fingerprint density at radius 1 is 1.15 bits per heavy atom. The summed E-state index contributed by atoms with van der Waals surface area (Å²) < 4.78 is 5.34. The van der Waals surface area contributed by atoms with Crippen LogP contribution in [0.2, 0.25) is 0 Å². The number of nitrogens with zero attached hydrogens (tertiary/aromatic N) is 4. The van der Waals surface area contributed by atoms with Crippen molar-refractivity contribution in [1.29, 1.82) is 5.26 Å². The number of rotatable bonds is 4. The van der Waals surface area contributed by atoms with Gasteiger partial charge in [0.25, 0.3) is 0 Å². The first-order valence-corrected chi connectivity index (χ1v) is 8.85. The smallest absolute Gasteiger partial charge is 0.229 e. The van der Waals surface area contributed by atoms with Crippen molar-refractivity contribution in [1.82, 2.24) is 9.97 Å². The van der Waals surface area contributed by atoms with E-state index in [0.717, 1.165) is 54.1 Å². The standard InChI is InChI=1S/C20H20N6O/c1-27-15-5-6-16-18(11-15)24-20(25-19(16)26-8-2-3-9-26)23-14-4-7-17(22)13(10-14)12-21/h4-7,10-11H,2-3,8-9,22H2,1H3,(H,23,24,25). The molecule has 0 amide bonds. The number of nitrogen functional groups attached to an aromatic ring is 1. The molecule has 1 aliphatic rings.